The third kappa shape index (κ3) is 5.19. The molecule has 2 aromatic carbocycles. The van der Waals surface area contributed by atoms with Gasteiger partial charge in [0.1, 0.15) is 0 Å². The van der Waals surface area contributed by atoms with E-state index >= 15 is 0 Å². The predicted molar refractivity (Wildman–Crippen MR) is 129 cm³/mol. The standard InChI is InChI=1S/C21H21ClN4O4S.ClH/c1-14-2-7-17(22)19-18(14)23-21(31-19)25(9-8-24-10-12-30-13-11-24)20(27)15-3-5-16(6-4-15)26(28)29;/h2-7H,8-13H2,1H3;1H. The molecule has 0 atom stereocenters. The first-order chi connectivity index (χ1) is 14.9. The van der Waals surface area contributed by atoms with Crippen LogP contribution in [0.15, 0.2) is 36.4 Å². The zero-order chi connectivity index (χ0) is 22.0. The van der Waals surface area contributed by atoms with E-state index in [4.69, 9.17) is 21.3 Å². The first kappa shape index (κ1) is 24.3. The fourth-order valence-electron chi connectivity index (χ4n) is 3.44. The molecule has 1 aliphatic rings. The van der Waals surface area contributed by atoms with E-state index in [1.807, 2.05) is 19.1 Å². The fraction of sp³-hybridized carbons (Fsp3) is 0.333. The summed E-state index contributed by atoms with van der Waals surface area (Å²) in [5.74, 6) is -0.254. The number of benzene rings is 2. The van der Waals surface area contributed by atoms with Crippen molar-refractivity contribution in [2.45, 2.75) is 6.92 Å². The third-order valence-electron chi connectivity index (χ3n) is 5.23. The maximum atomic E-state index is 13.4. The van der Waals surface area contributed by atoms with Crippen LogP contribution in [0.1, 0.15) is 15.9 Å². The van der Waals surface area contributed by atoms with Crippen molar-refractivity contribution in [3.05, 3.63) is 62.7 Å². The van der Waals surface area contributed by atoms with Gasteiger partial charge in [-0.05, 0) is 30.7 Å². The number of morpholine rings is 1. The van der Waals surface area contributed by atoms with Gasteiger partial charge in [0.15, 0.2) is 5.13 Å². The fourth-order valence-corrected chi connectivity index (χ4v) is 4.78. The minimum atomic E-state index is -0.483. The molecule has 1 aromatic heterocycles. The van der Waals surface area contributed by atoms with Crippen LogP contribution in [0, 0.1) is 17.0 Å². The molecule has 3 aromatic rings. The van der Waals surface area contributed by atoms with Gasteiger partial charge in [0, 0.05) is 43.9 Å². The molecular weight excluding hydrogens is 475 g/mol. The molecule has 1 fully saturated rings. The van der Waals surface area contributed by atoms with E-state index in [1.165, 1.54) is 35.6 Å². The van der Waals surface area contributed by atoms with Crippen LogP contribution in [0.5, 0.6) is 0 Å². The summed E-state index contributed by atoms with van der Waals surface area (Å²) in [5, 5.41) is 12.1. The van der Waals surface area contributed by atoms with Crippen molar-refractivity contribution < 1.29 is 14.5 Å². The lowest BCUT2D eigenvalue weighted by atomic mass is 10.2. The molecule has 0 saturated carbocycles. The normalized spacial score (nSPS) is 14.2. The third-order valence-corrected chi connectivity index (χ3v) is 6.77. The number of nitro groups is 1. The summed E-state index contributed by atoms with van der Waals surface area (Å²) in [5.41, 5.74) is 2.08. The van der Waals surface area contributed by atoms with Crippen LogP contribution in [0.4, 0.5) is 10.8 Å². The molecule has 170 valence electrons. The molecule has 0 N–H and O–H groups in total. The summed E-state index contributed by atoms with van der Waals surface area (Å²) in [6.45, 7) is 6.03. The number of carbonyl (C=O) groups is 1. The molecule has 2 heterocycles. The number of amides is 1. The zero-order valence-corrected chi connectivity index (χ0v) is 19.7. The van der Waals surface area contributed by atoms with Crippen LogP contribution in [0.2, 0.25) is 5.02 Å². The highest BCUT2D eigenvalue weighted by Gasteiger charge is 2.24. The second-order valence-electron chi connectivity index (χ2n) is 7.25. The Hall–Kier alpha value is -2.30. The Morgan fingerprint density at radius 1 is 1.25 bits per heavy atom. The van der Waals surface area contributed by atoms with Crippen molar-refractivity contribution in [1.82, 2.24) is 9.88 Å². The number of aromatic nitrogens is 1. The summed E-state index contributed by atoms with van der Waals surface area (Å²) >= 11 is 7.74. The largest absolute Gasteiger partial charge is 0.379 e. The van der Waals surface area contributed by atoms with Gasteiger partial charge in [-0.15, -0.1) is 12.4 Å². The van der Waals surface area contributed by atoms with E-state index in [0.717, 1.165) is 28.9 Å². The number of non-ortho nitro benzene ring substituents is 1. The minimum absolute atomic E-state index is 0. The van der Waals surface area contributed by atoms with E-state index < -0.39 is 4.92 Å². The summed E-state index contributed by atoms with van der Waals surface area (Å²) in [7, 11) is 0. The van der Waals surface area contributed by atoms with Crippen LogP contribution in [-0.2, 0) is 4.74 Å². The van der Waals surface area contributed by atoms with Crippen molar-refractivity contribution in [1.29, 1.82) is 0 Å². The zero-order valence-electron chi connectivity index (χ0n) is 17.3. The number of aryl methyl sites for hydroxylation is 1. The SMILES string of the molecule is Cc1ccc(Cl)c2sc(N(CCN3CCOCC3)C(=O)c3ccc([N+](=O)[O-])cc3)nc12.Cl. The molecule has 4 rings (SSSR count). The lowest BCUT2D eigenvalue weighted by Gasteiger charge is -2.29. The van der Waals surface area contributed by atoms with E-state index in [0.29, 0.717) is 42.0 Å². The summed E-state index contributed by atoms with van der Waals surface area (Å²) in [6, 6.07) is 9.38. The molecule has 1 amide bonds. The number of carbonyl (C=O) groups excluding carboxylic acids is 1. The van der Waals surface area contributed by atoms with Gasteiger partial charge in [0.2, 0.25) is 0 Å². The lowest BCUT2D eigenvalue weighted by molar-refractivity contribution is -0.384. The summed E-state index contributed by atoms with van der Waals surface area (Å²) in [4.78, 5) is 32.5. The van der Waals surface area contributed by atoms with Crippen LogP contribution < -0.4 is 4.90 Å². The molecule has 0 aliphatic carbocycles. The first-order valence-electron chi connectivity index (χ1n) is 9.86. The molecule has 1 aliphatic heterocycles. The Balaban J connectivity index is 0.00000289. The molecule has 0 spiro atoms. The van der Waals surface area contributed by atoms with Gasteiger partial charge in [0.25, 0.3) is 11.6 Å². The molecule has 0 bridgehead atoms. The average Bonchev–Trinajstić information content (AvgIpc) is 3.24. The molecule has 11 heteroatoms. The molecule has 1 saturated heterocycles. The number of nitrogens with zero attached hydrogens (tertiary/aromatic N) is 4. The highest BCUT2D eigenvalue weighted by atomic mass is 35.5. The highest BCUT2D eigenvalue weighted by molar-refractivity contribution is 7.23. The Morgan fingerprint density at radius 2 is 1.94 bits per heavy atom. The molecule has 32 heavy (non-hydrogen) atoms. The maximum Gasteiger partial charge on any atom is 0.269 e. The van der Waals surface area contributed by atoms with E-state index in [2.05, 4.69) is 4.90 Å². The number of rotatable bonds is 6. The monoisotopic (exact) mass is 496 g/mol. The smallest absolute Gasteiger partial charge is 0.269 e. The van der Waals surface area contributed by atoms with Crippen molar-refractivity contribution in [3.8, 4) is 0 Å². The van der Waals surface area contributed by atoms with Gasteiger partial charge in [-0.2, -0.15) is 0 Å². The van der Waals surface area contributed by atoms with Gasteiger partial charge in [-0.25, -0.2) is 4.98 Å². The molecule has 8 nitrogen and oxygen atoms in total. The molecule has 0 unspecified atom stereocenters. The van der Waals surface area contributed by atoms with E-state index in [1.54, 1.807) is 4.90 Å². The topological polar surface area (TPSA) is 88.8 Å². The number of nitro benzene ring substituents is 1. The Kier molecular flexibility index (Phi) is 8.02. The molecule has 0 radical (unpaired) electrons. The number of hydrogen-bond donors (Lipinski definition) is 0. The number of halogens is 2. The Morgan fingerprint density at radius 3 is 2.56 bits per heavy atom. The highest BCUT2D eigenvalue weighted by Crippen LogP contribution is 2.36. The van der Waals surface area contributed by atoms with Gasteiger partial charge in [-0.3, -0.25) is 24.7 Å². The minimum Gasteiger partial charge on any atom is -0.379 e. The molecular formula is C21H22Cl2N4O4S. The van der Waals surface area contributed by atoms with Crippen molar-refractivity contribution in [2.75, 3.05) is 44.3 Å². The van der Waals surface area contributed by atoms with Gasteiger partial charge >= 0.3 is 0 Å². The van der Waals surface area contributed by atoms with E-state index in [-0.39, 0.29) is 24.0 Å². The average molecular weight is 497 g/mol. The van der Waals surface area contributed by atoms with E-state index in [9.17, 15) is 14.9 Å². The Bertz CT molecular complexity index is 1080. The van der Waals surface area contributed by atoms with Crippen molar-refractivity contribution >= 4 is 62.3 Å². The first-order valence-corrected chi connectivity index (χ1v) is 11.1. The van der Waals surface area contributed by atoms with Crippen LogP contribution in [0.25, 0.3) is 10.2 Å². The quantitative estimate of drug-likeness (QED) is 0.366. The maximum absolute atomic E-state index is 13.4. The van der Waals surface area contributed by atoms with Gasteiger partial charge < -0.3 is 4.74 Å². The lowest BCUT2D eigenvalue weighted by Crippen LogP contribution is -2.43. The second-order valence-corrected chi connectivity index (χ2v) is 8.64. The number of fused-ring (bicyclic) bond motifs is 1. The van der Waals surface area contributed by atoms with Gasteiger partial charge in [-0.1, -0.05) is 29.0 Å². The number of thiazole rings is 1. The van der Waals surface area contributed by atoms with Crippen molar-refractivity contribution in [2.24, 2.45) is 0 Å². The van der Waals surface area contributed by atoms with Crippen LogP contribution in [-0.4, -0.2) is 60.1 Å². The predicted octanol–water partition coefficient (Wildman–Crippen LogP) is 4.57. The number of hydrogen-bond acceptors (Lipinski definition) is 7. The Labute approximate surface area is 200 Å². The van der Waals surface area contributed by atoms with Crippen LogP contribution >= 0.6 is 35.3 Å². The second kappa shape index (κ2) is 10.5. The van der Waals surface area contributed by atoms with Gasteiger partial charge in [0.05, 0.1) is 33.4 Å². The van der Waals surface area contributed by atoms with Crippen molar-refractivity contribution in [3.63, 3.8) is 0 Å². The number of ether oxygens (including phenoxy) is 1. The summed E-state index contributed by atoms with van der Waals surface area (Å²) < 4.78 is 6.24. The van der Waals surface area contributed by atoms with Crippen LogP contribution in [0.3, 0.4) is 0 Å². The summed E-state index contributed by atoms with van der Waals surface area (Å²) in [6.07, 6.45) is 0. The number of anilines is 1.